The van der Waals surface area contributed by atoms with Gasteiger partial charge in [0, 0.05) is 29.7 Å². The Balaban J connectivity index is 1.84. The molecular weight excluding hydrogens is 258 g/mol. The molecule has 2 N–H and O–H groups in total. The van der Waals surface area contributed by atoms with Crippen molar-refractivity contribution in [2.45, 2.75) is 6.42 Å². The zero-order valence-corrected chi connectivity index (χ0v) is 11.7. The molecule has 0 fully saturated rings. The van der Waals surface area contributed by atoms with E-state index < -0.39 is 0 Å². The van der Waals surface area contributed by atoms with E-state index in [1.54, 1.807) is 6.20 Å². The quantitative estimate of drug-likeness (QED) is 0.794. The predicted octanol–water partition coefficient (Wildman–Crippen LogP) is 3.31. The molecule has 0 unspecified atom stereocenters. The van der Waals surface area contributed by atoms with Gasteiger partial charge in [-0.2, -0.15) is 0 Å². The Morgan fingerprint density at radius 3 is 2.24 bits per heavy atom. The lowest BCUT2D eigenvalue weighted by Crippen LogP contribution is -2.02. The standard InChI is InChI=1S/C18H17N3/c19-10-9-14-3-5-15(6-4-14)16-7-8-18(21-13-16)17-2-1-11-20-12-17/h1-8,11-13H,9-10,19H2. The van der Waals surface area contributed by atoms with E-state index in [2.05, 4.69) is 40.3 Å². The van der Waals surface area contributed by atoms with Crippen molar-refractivity contribution < 1.29 is 0 Å². The fourth-order valence-electron chi connectivity index (χ4n) is 2.28. The molecular formula is C18H17N3. The van der Waals surface area contributed by atoms with Gasteiger partial charge in [-0.15, -0.1) is 0 Å². The molecule has 0 aliphatic carbocycles. The summed E-state index contributed by atoms with van der Waals surface area (Å²) in [5.74, 6) is 0. The lowest BCUT2D eigenvalue weighted by molar-refractivity contribution is 0.969. The van der Waals surface area contributed by atoms with E-state index in [0.29, 0.717) is 6.54 Å². The van der Waals surface area contributed by atoms with Crippen molar-refractivity contribution in [2.75, 3.05) is 6.54 Å². The molecule has 0 radical (unpaired) electrons. The van der Waals surface area contributed by atoms with Crippen molar-refractivity contribution >= 4 is 0 Å². The highest BCUT2D eigenvalue weighted by atomic mass is 14.7. The zero-order valence-electron chi connectivity index (χ0n) is 11.7. The topological polar surface area (TPSA) is 51.8 Å². The first kappa shape index (κ1) is 13.5. The van der Waals surface area contributed by atoms with Crippen LogP contribution in [0.5, 0.6) is 0 Å². The Hall–Kier alpha value is -2.52. The van der Waals surface area contributed by atoms with Gasteiger partial charge in [-0.05, 0) is 42.3 Å². The average Bonchev–Trinajstić information content (AvgIpc) is 2.57. The number of nitrogens with zero attached hydrogens (tertiary/aromatic N) is 2. The normalized spacial score (nSPS) is 10.5. The predicted molar refractivity (Wildman–Crippen MR) is 85.7 cm³/mol. The summed E-state index contributed by atoms with van der Waals surface area (Å²) < 4.78 is 0. The number of pyridine rings is 2. The Morgan fingerprint density at radius 2 is 1.62 bits per heavy atom. The Bertz CT molecular complexity index is 689. The molecule has 3 nitrogen and oxygen atoms in total. The minimum Gasteiger partial charge on any atom is -0.330 e. The van der Waals surface area contributed by atoms with E-state index in [1.807, 2.05) is 30.6 Å². The molecule has 0 saturated carbocycles. The van der Waals surface area contributed by atoms with Gasteiger partial charge in [0.1, 0.15) is 0 Å². The van der Waals surface area contributed by atoms with E-state index in [4.69, 9.17) is 5.73 Å². The van der Waals surface area contributed by atoms with Gasteiger partial charge in [0.2, 0.25) is 0 Å². The van der Waals surface area contributed by atoms with Crippen LogP contribution in [0, 0.1) is 0 Å². The van der Waals surface area contributed by atoms with Crippen LogP contribution in [0.15, 0.2) is 67.1 Å². The van der Waals surface area contributed by atoms with E-state index in [0.717, 1.165) is 23.2 Å². The number of nitrogens with two attached hydrogens (primary N) is 1. The van der Waals surface area contributed by atoms with Crippen LogP contribution in [-0.4, -0.2) is 16.5 Å². The van der Waals surface area contributed by atoms with Crippen LogP contribution in [0.1, 0.15) is 5.56 Å². The van der Waals surface area contributed by atoms with Gasteiger partial charge in [0.05, 0.1) is 5.69 Å². The van der Waals surface area contributed by atoms with Crippen molar-refractivity contribution in [2.24, 2.45) is 5.73 Å². The minimum absolute atomic E-state index is 0.681. The van der Waals surface area contributed by atoms with Gasteiger partial charge < -0.3 is 5.73 Å². The lowest BCUT2D eigenvalue weighted by Gasteiger charge is -2.05. The molecule has 104 valence electrons. The summed E-state index contributed by atoms with van der Waals surface area (Å²) in [5, 5.41) is 0. The SMILES string of the molecule is NCCc1ccc(-c2ccc(-c3cccnc3)nc2)cc1. The summed E-state index contributed by atoms with van der Waals surface area (Å²) in [7, 11) is 0. The second-order valence-corrected chi connectivity index (χ2v) is 4.91. The molecule has 0 saturated heterocycles. The zero-order chi connectivity index (χ0) is 14.5. The third-order valence-corrected chi connectivity index (χ3v) is 3.44. The molecule has 1 aromatic carbocycles. The molecule has 2 heterocycles. The Kier molecular flexibility index (Phi) is 4.03. The molecule has 0 aliphatic heterocycles. The Labute approximate surface area is 124 Å². The molecule has 0 aliphatic rings. The van der Waals surface area contributed by atoms with E-state index in [-0.39, 0.29) is 0 Å². The van der Waals surface area contributed by atoms with Gasteiger partial charge in [-0.25, -0.2) is 0 Å². The highest BCUT2D eigenvalue weighted by Gasteiger charge is 2.02. The molecule has 0 amide bonds. The first-order valence-electron chi connectivity index (χ1n) is 7.02. The summed E-state index contributed by atoms with van der Waals surface area (Å²) >= 11 is 0. The van der Waals surface area contributed by atoms with Crippen LogP contribution in [-0.2, 0) is 6.42 Å². The first-order chi connectivity index (χ1) is 10.4. The summed E-state index contributed by atoms with van der Waals surface area (Å²) in [4.78, 5) is 8.64. The van der Waals surface area contributed by atoms with Gasteiger partial charge in [-0.3, -0.25) is 9.97 Å². The summed E-state index contributed by atoms with van der Waals surface area (Å²) in [6, 6.07) is 16.5. The first-order valence-corrected chi connectivity index (χ1v) is 7.02. The lowest BCUT2D eigenvalue weighted by atomic mass is 10.0. The summed E-state index contributed by atoms with van der Waals surface area (Å²) in [6.45, 7) is 0.681. The van der Waals surface area contributed by atoms with E-state index >= 15 is 0 Å². The number of rotatable bonds is 4. The number of hydrogen-bond donors (Lipinski definition) is 1. The van der Waals surface area contributed by atoms with Crippen molar-refractivity contribution in [3.8, 4) is 22.4 Å². The molecule has 21 heavy (non-hydrogen) atoms. The number of benzene rings is 1. The van der Waals surface area contributed by atoms with Gasteiger partial charge in [0.15, 0.2) is 0 Å². The van der Waals surface area contributed by atoms with Crippen LogP contribution in [0.4, 0.5) is 0 Å². The molecule has 3 rings (SSSR count). The smallest absolute Gasteiger partial charge is 0.0717 e. The number of hydrogen-bond acceptors (Lipinski definition) is 3. The maximum absolute atomic E-state index is 5.57. The van der Waals surface area contributed by atoms with Crippen LogP contribution in [0.25, 0.3) is 22.4 Å². The Morgan fingerprint density at radius 1 is 0.810 bits per heavy atom. The fourth-order valence-corrected chi connectivity index (χ4v) is 2.28. The largest absolute Gasteiger partial charge is 0.330 e. The highest BCUT2D eigenvalue weighted by Crippen LogP contribution is 2.22. The minimum atomic E-state index is 0.681. The van der Waals surface area contributed by atoms with Crippen molar-refractivity contribution in [1.82, 2.24) is 9.97 Å². The van der Waals surface area contributed by atoms with E-state index in [9.17, 15) is 0 Å². The van der Waals surface area contributed by atoms with Crippen LogP contribution in [0.3, 0.4) is 0 Å². The molecule has 0 bridgehead atoms. The second kappa shape index (κ2) is 6.29. The molecule has 2 aromatic heterocycles. The van der Waals surface area contributed by atoms with Crippen molar-refractivity contribution in [1.29, 1.82) is 0 Å². The highest BCUT2D eigenvalue weighted by molar-refractivity contribution is 5.66. The molecule has 0 atom stereocenters. The monoisotopic (exact) mass is 275 g/mol. The van der Waals surface area contributed by atoms with Gasteiger partial charge >= 0.3 is 0 Å². The summed E-state index contributed by atoms with van der Waals surface area (Å²) in [6.07, 6.45) is 6.41. The van der Waals surface area contributed by atoms with Crippen LogP contribution < -0.4 is 5.73 Å². The molecule has 3 heteroatoms. The van der Waals surface area contributed by atoms with Gasteiger partial charge in [-0.1, -0.05) is 30.3 Å². The average molecular weight is 275 g/mol. The van der Waals surface area contributed by atoms with Crippen molar-refractivity contribution in [3.05, 3.63) is 72.7 Å². The molecule has 3 aromatic rings. The van der Waals surface area contributed by atoms with Crippen LogP contribution >= 0.6 is 0 Å². The molecule has 0 spiro atoms. The summed E-state index contributed by atoms with van der Waals surface area (Å²) in [5.41, 5.74) is 11.1. The fraction of sp³-hybridized carbons (Fsp3) is 0.111. The third-order valence-electron chi connectivity index (χ3n) is 3.44. The second-order valence-electron chi connectivity index (χ2n) is 4.91. The van der Waals surface area contributed by atoms with Gasteiger partial charge in [0.25, 0.3) is 0 Å². The van der Waals surface area contributed by atoms with E-state index in [1.165, 1.54) is 11.1 Å². The maximum atomic E-state index is 5.57. The third kappa shape index (κ3) is 3.15. The maximum Gasteiger partial charge on any atom is 0.0717 e. The van der Waals surface area contributed by atoms with Crippen LogP contribution in [0.2, 0.25) is 0 Å². The number of aromatic nitrogens is 2. The van der Waals surface area contributed by atoms with Crippen molar-refractivity contribution in [3.63, 3.8) is 0 Å².